The van der Waals surface area contributed by atoms with Crippen molar-refractivity contribution in [3.05, 3.63) is 47.9 Å². The highest BCUT2D eigenvalue weighted by molar-refractivity contribution is 6.04. The molecular weight excluding hydrogens is 226 g/mol. The van der Waals surface area contributed by atoms with Crippen molar-refractivity contribution in [2.45, 2.75) is 6.92 Å². The number of hydrogen-bond donors (Lipinski definition) is 0. The van der Waals surface area contributed by atoms with Crippen LogP contribution >= 0.6 is 0 Å². The van der Waals surface area contributed by atoms with Gasteiger partial charge in [0, 0.05) is 25.9 Å². The fourth-order valence-electron chi connectivity index (χ4n) is 1.47. The predicted molar refractivity (Wildman–Crippen MR) is 71.3 cm³/mol. The van der Waals surface area contributed by atoms with Gasteiger partial charge in [-0.15, -0.1) is 0 Å². The van der Waals surface area contributed by atoms with Gasteiger partial charge in [0.1, 0.15) is 5.69 Å². The minimum absolute atomic E-state index is 0.126. The molecule has 0 unspecified atom stereocenters. The third-order valence-electron chi connectivity index (χ3n) is 2.75. The molecular formula is C14H15N3O. The largest absolute Gasteiger partial charge is 0.381 e. The molecule has 1 aromatic heterocycles. The molecule has 0 amide bonds. The number of aromatic nitrogens is 2. The van der Waals surface area contributed by atoms with Crippen LogP contribution in [0.1, 0.15) is 17.4 Å². The Hall–Kier alpha value is -2.23. The van der Waals surface area contributed by atoms with E-state index in [1.54, 1.807) is 6.08 Å². The lowest BCUT2D eigenvalue weighted by Gasteiger charge is -2.11. The van der Waals surface area contributed by atoms with E-state index in [-0.39, 0.29) is 5.78 Å². The lowest BCUT2D eigenvalue weighted by atomic mass is 10.2. The van der Waals surface area contributed by atoms with Gasteiger partial charge in [-0.25, -0.2) is 4.98 Å². The van der Waals surface area contributed by atoms with Gasteiger partial charge in [0.25, 0.3) is 0 Å². The Morgan fingerprint density at radius 3 is 2.56 bits per heavy atom. The summed E-state index contributed by atoms with van der Waals surface area (Å²) in [4.78, 5) is 22.4. The summed E-state index contributed by atoms with van der Waals surface area (Å²) in [6.07, 6.45) is 3.09. The number of carbonyl (C=O) groups excluding carboxylic acids is 1. The van der Waals surface area contributed by atoms with E-state index in [2.05, 4.69) is 9.97 Å². The summed E-state index contributed by atoms with van der Waals surface area (Å²) < 4.78 is 0. The van der Waals surface area contributed by atoms with Crippen molar-refractivity contribution in [2.24, 2.45) is 0 Å². The monoisotopic (exact) mass is 241 g/mol. The Bertz CT molecular complexity index is 617. The number of rotatable bonds is 3. The summed E-state index contributed by atoms with van der Waals surface area (Å²) in [6.45, 7) is 1.88. The average Bonchev–Trinajstić information content (AvgIpc) is 2.37. The SMILES string of the molecule is C/C(=C/C(=O)c1cnc2ccccc2n1)N(C)C. The van der Waals surface area contributed by atoms with E-state index in [4.69, 9.17) is 0 Å². The van der Waals surface area contributed by atoms with Crippen LogP contribution in [0.25, 0.3) is 11.0 Å². The molecule has 92 valence electrons. The van der Waals surface area contributed by atoms with Crippen LogP contribution in [0.3, 0.4) is 0 Å². The lowest BCUT2D eigenvalue weighted by molar-refractivity contribution is 0.104. The number of hydrogen-bond acceptors (Lipinski definition) is 4. The van der Waals surface area contributed by atoms with Gasteiger partial charge in [0.05, 0.1) is 17.2 Å². The number of nitrogens with zero attached hydrogens (tertiary/aromatic N) is 3. The number of para-hydroxylation sites is 2. The molecule has 0 radical (unpaired) electrons. The second kappa shape index (κ2) is 4.96. The van der Waals surface area contributed by atoms with Gasteiger partial charge >= 0.3 is 0 Å². The van der Waals surface area contributed by atoms with Crippen LogP contribution in [0.5, 0.6) is 0 Å². The molecule has 18 heavy (non-hydrogen) atoms. The molecule has 2 aromatic rings. The van der Waals surface area contributed by atoms with Gasteiger partial charge in [-0.05, 0) is 19.1 Å². The molecule has 0 atom stereocenters. The Balaban J connectivity index is 2.37. The number of allylic oxidation sites excluding steroid dienone is 2. The first-order chi connectivity index (χ1) is 8.58. The van der Waals surface area contributed by atoms with Gasteiger partial charge in [0.2, 0.25) is 5.78 Å². The van der Waals surface area contributed by atoms with Crippen molar-refractivity contribution in [3.8, 4) is 0 Å². The first-order valence-corrected chi connectivity index (χ1v) is 5.69. The molecule has 0 saturated carbocycles. The third kappa shape index (κ3) is 2.53. The maximum absolute atomic E-state index is 12.0. The van der Waals surface area contributed by atoms with Crippen LogP contribution in [0, 0.1) is 0 Å². The van der Waals surface area contributed by atoms with Gasteiger partial charge in [0.15, 0.2) is 0 Å². The Labute approximate surface area is 106 Å². The molecule has 0 aliphatic rings. The van der Waals surface area contributed by atoms with Crippen LogP contribution < -0.4 is 0 Å². The van der Waals surface area contributed by atoms with E-state index < -0.39 is 0 Å². The van der Waals surface area contributed by atoms with E-state index >= 15 is 0 Å². The molecule has 1 heterocycles. The second-order valence-corrected chi connectivity index (χ2v) is 4.29. The topological polar surface area (TPSA) is 46.1 Å². The Kier molecular flexibility index (Phi) is 3.37. The van der Waals surface area contributed by atoms with Gasteiger partial charge in [-0.1, -0.05) is 12.1 Å². The van der Waals surface area contributed by atoms with Gasteiger partial charge in [-0.2, -0.15) is 0 Å². The highest BCUT2D eigenvalue weighted by atomic mass is 16.1. The molecule has 0 N–H and O–H groups in total. The van der Waals surface area contributed by atoms with Gasteiger partial charge in [-0.3, -0.25) is 9.78 Å². The summed E-state index contributed by atoms with van der Waals surface area (Å²) in [5.41, 5.74) is 2.78. The van der Waals surface area contributed by atoms with Crippen molar-refractivity contribution in [1.82, 2.24) is 14.9 Å². The zero-order chi connectivity index (χ0) is 13.1. The predicted octanol–water partition coefficient (Wildman–Crippen LogP) is 2.28. The number of carbonyl (C=O) groups is 1. The quantitative estimate of drug-likeness (QED) is 0.611. The summed E-state index contributed by atoms with van der Waals surface area (Å²) in [6, 6.07) is 7.50. The molecule has 0 spiro atoms. The molecule has 2 rings (SSSR count). The van der Waals surface area contributed by atoms with Crippen molar-refractivity contribution in [3.63, 3.8) is 0 Å². The van der Waals surface area contributed by atoms with Crippen molar-refractivity contribution in [1.29, 1.82) is 0 Å². The molecule has 1 aromatic carbocycles. The lowest BCUT2D eigenvalue weighted by Crippen LogP contribution is -2.11. The highest BCUT2D eigenvalue weighted by Gasteiger charge is 2.07. The van der Waals surface area contributed by atoms with Crippen LogP contribution in [0.4, 0.5) is 0 Å². The third-order valence-corrected chi connectivity index (χ3v) is 2.75. The maximum atomic E-state index is 12.0. The van der Waals surface area contributed by atoms with Crippen LogP contribution in [0.15, 0.2) is 42.2 Å². The molecule has 0 aliphatic carbocycles. The molecule has 0 saturated heterocycles. The Morgan fingerprint density at radius 1 is 1.22 bits per heavy atom. The van der Waals surface area contributed by atoms with E-state index in [9.17, 15) is 4.79 Å². The molecule has 0 fully saturated rings. The van der Waals surface area contributed by atoms with Crippen LogP contribution in [-0.2, 0) is 0 Å². The standard InChI is InChI=1S/C14H15N3O/c1-10(17(2)3)8-14(18)13-9-15-11-6-4-5-7-12(11)16-13/h4-9H,1-3H3/b10-8-. The van der Waals surface area contributed by atoms with Crippen LogP contribution in [-0.4, -0.2) is 34.7 Å². The number of fused-ring (bicyclic) bond motifs is 1. The normalized spacial score (nSPS) is 11.6. The van der Waals surface area contributed by atoms with E-state index in [0.29, 0.717) is 5.69 Å². The van der Waals surface area contributed by atoms with E-state index in [1.807, 2.05) is 50.2 Å². The first-order valence-electron chi connectivity index (χ1n) is 5.69. The maximum Gasteiger partial charge on any atom is 0.207 e. The highest BCUT2D eigenvalue weighted by Crippen LogP contribution is 2.10. The fraction of sp³-hybridized carbons (Fsp3) is 0.214. The van der Waals surface area contributed by atoms with Crippen LogP contribution in [0.2, 0.25) is 0 Å². The molecule has 0 aliphatic heterocycles. The van der Waals surface area contributed by atoms with E-state index in [0.717, 1.165) is 16.7 Å². The number of ketones is 1. The first kappa shape index (κ1) is 12.2. The van der Waals surface area contributed by atoms with E-state index in [1.165, 1.54) is 6.20 Å². The Morgan fingerprint density at radius 2 is 1.89 bits per heavy atom. The molecule has 0 bridgehead atoms. The molecule has 4 nitrogen and oxygen atoms in total. The minimum Gasteiger partial charge on any atom is -0.381 e. The summed E-state index contributed by atoms with van der Waals surface area (Å²) in [5, 5.41) is 0. The fourth-order valence-corrected chi connectivity index (χ4v) is 1.47. The number of benzene rings is 1. The average molecular weight is 241 g/mol. The minimum atomic E-state index is -0.126. The zero-order valence-electron chi connectivity index (χ0n) is 10.7. The van der Waals surface area contributed by atoms with Gasteiger partial charge < -0.3 is 4.90 Å². The van der Waals surface area contributed by atoms with Crippen molar-refractivity contribution < 1.29 is 4.79 Å². The van der Waals surface area contributed by atoms with Crippen molar-refractivity contribution >= 4 is 16.8 Å². The smallest absolute Gasteiger partial charge is 0.207 e. The van der Waals surface area contributed by atoms with Crippen molar-refractivity contribution in [2.75, 3.05) is 14.1 Å². The summed E-state index contributed by atoms with van der Waals surface area (Å²) in [7, 11) is 3.79. The summed E-state index contributed by atoms with van der Waals surface area (Å²) in [5.74, 6) is -0.126. The molecule has 4 heteroatoms. The second-order valence-electron chi connectivity index (χ2n) is 4.29. The summed E-state index contributed by atoms with van der Waals surface area (Å²) >= 11 is 0. The zero-order valence-corrected chi connectivity index (χ0v) is 10.7.